The van der Waals surface area contributed by atoms with Gasteiger partial charge in [0.05, 0.1) is 0 Å². The Morgan fingerprint density at radius 3 is 2.50 bits per heavy atom. The van der Waals surface area contributed by atoms with Gasteiger partial charge in [-0.1, -0.05) is 33.3 Å². The van der Waals surface area contributed by atoms with E-state index in [1.54, 1.807) is 0 Å². The summed E-state index contributed by atoms with van der Waals surface area (Å²) in [6.45, 7) is 14.1. The molecule has 1 N–H and O–H groups in total. The second-order valence-electron chi connectivity index (χ2n) is 15.1. The van der Waals surface area contributed by atoms with Crippen molar-refractivity contribution in [3.05, 3.63) is 11.6 Å². The summed E-state index contributed by atoms with van der Waals surface area (Å²) in [5.41, 5.74) is 3.47. The van der Waals surface area contributed by atoms with Crippen LogP contribution in [0.5, 0.6) is 0 Å². The average Bonchev–Trinajstić information content (AvgIpc) is 3.56. The molecule has 38 heavy (non-hydrogen) atoms. The number of rotatable bonds is 6. The van der Waals surface area contributed by atoms with Crippen molar-refractivity contribution in [1.29, 1.82) is 0 Å². The van der Waals surface area contributed by atoms with Gasteiger partial charge < -0.3 is 10.2 Å². The fourth-order valence-electron chi connectivity index (χ4n) is 10.0. The van der Waals surface area contributed by atoms with Gasteiger partial charge in [-0.15, -0.1) is 0 Å². The molecule has 0 aromatic heterocycles. The maximum atomic E-state index is 13.4. The molecule has 6 rings (SSSR count). The molecular weight excluding hydrogens is 470 g/mol. The summed E-state index contributed by atoms with van der Waals surface area (Å²) in [6.07, 6.45) is 14.7. The molecule has 1 amide bonds. The van der Waals surface area contributed by atoms with Gasteiger partial charge in [-0.2, -0.15) is 0 Å². The summed E-state index contributed by atoms with van der Waals surface area (Å²) < 4.78 is 0. The largest absolute Gasteiger partial charge is 0.337 e. The van der Waals surface area contributed by atoms with E-state index in [2.05, 4.69) is 44.8 Å². The number of hydrogen-bond acceptors (Lipinski definition) is 4. The van der Waals surface area contributed by atoms with Gasteiger partial charge in [0.15, 0.2) is 5.78 Å². The minimum absolute atomic E-state index is 0.228. The lowest BCUT2D eigenvalue weighted by molar-refractivity contribution is -0.130. The Hall–Kier alpha value is -1.49. The van der Waals surface area contributed by atoms with E-state index in [0.29, 0.717) is 35.7 Å². The molecule has 0 radical (unpaired) electrons. The van der Waals surface area contributed by atoms with E-state index < -0.39 is 0 Å². The first-order chi connectivity index (χ1) is 18.0. The van der Waals surface area contributed by atoms with Gasteiger partial charge in [-0.05, 0) is 118 Å². The van der Waals surface area contributed by atoms with Crippen molar-refractivity contribution in [3.8, 4) is 0 Å². The zero-order valence-electron chi connectivity index (χ0n) is 24.7. The Balaban J connectivity index is 1.13. The maximum absolute atomic E-state index is 13.4. The van der Waals surface area contributed by atoms with Gasteiger partial charge in [0.25, 0.3) is 0 Å². The Morgan fingerprint density at radius 2 is 1.79 bits per heavy atom. The van der Waals surface area contributed by atoms with E-state index in [4.69, 9.17) is 4.99 Å². The van der Waals surface area contributed by atoms with Crippen LogP contribution in [0.25, 0.3) is 0 Å². The van der Waals surface area contributed by atoms with Crippen LogP contribution < -0.4 is 5.32 Å². The van der Waals surface area contributed by atoms with Gasteiger partial charge >= 0.3 is 0 Å². The fourth-order valence-corrected chi connectivity index (χ4v) is 10.0. The summed E-state index contributed by atoms with van der Waals surface area (Å²) in [5.74, 6) is 3.34. The molecule has 5 heteroatoms. The molecule has 5 nitrogen and oxygen atoms in total. The van der Waals surface area contributed by atoms with E-state index in [9.17, 15) is 9.59 Å². The van der Waals surface area contributed by atoms with Crippen LogP contribution in [0.2, 0.25) is 0 Å². The van der Waals surface area contributed by atoms with Crippen LogP contribution in [0.3, 0.4) is 0 Å². The van der Waals surface area contributed by atoms with E-state index in [-0.39, 0.29) is 16.7 Å². The molecule has 1 heterocycles. The Kier molecular flexibility index (Phi) is 6.72. The summed E-state index contributed by atoms with van der Waals surface area (Å²) in [6, 6.07) is 0.818. The third-order valence-electron chi connectivity index (χ3n) is 12.7. The Labute approximate surface area is 230 Å². The van der Waals surface area contributed by atoms with Crippen molar-refractivity contribution in [1.82, 2.24) is 10.2 Å². The monoisotopic (exact) mass is 521 g/mol. The average molecular weight is 522 g/mol. The highest BCUT2D eigenvalue weighted by molar-refractivity contribution is 5.91. The number of fused-ring (bicyclic) bond motifs is 5. The second-order valence-corrected chi connectivity index (χ2v) is 15.1. The van der Waals surface area contributed by atoms with Crippen molar-refractivity contribution in [3.63, 3.8) is 0 Å². The lowest BCUT2D eigenvalue weighted by Gasteiger charge is -2.58. The first kappa shape index (κ1) is 26.7. The smallest absolute Gasteiger partial charge is 0.244 e. The highest BCUT2D eigenvalue weighted by Crippen LogP contribution is 2.66. The molecule has 0 aromatic carbocycles. The first-order valence-electron chi connectivity index (χ1n) is 15.8. The second kappa shape index (κ2) is 9.56. The van der Waals surface area contributed by atoms with Crippen LogP contribution in [0.4, 0.5) is 0 Å². The van der Waals surface area contributed by atoms with E-state index in [0.717, 1.165) is 62.9 Å². The van der Waals surface area contributed by atoms with Crippen LogP contribution >= 0.6 is 0 Å². The van der Waals surface area contributed by atoms with Crippen molar-refractivity contribution in [2.45, 2.75) is 117 Å². The molecule has 210 valence electrons. The highest BCUT2D eigenvalue weighted by atomic mass is 16.2. The minimum atomic E-state index is 0.228. The Morgan fingerprint density at radius 1 is 1.00 bits per heavy atom. The number of amides is 1. The van der Waals surface area contributed by atoms with Crippen molar-refractivity contribution in [2.75, 3.05) is 19.6 Å². The molecule has 1 unspecified atom stereocenters. The molecule has 0 bridgehead atoms. The number of aliphatic imine (C=N–C) groups is 1. The van der Waals surface area contributed by atoms with Crippen molar-refractivity contribution < 1.29 is 9.59 Å². The van der Waals surface area contributed by atoms with Crippen LogP contribution in [0, 0.1) is 39.9 Å². The zero-order valence-corrected chi connectivity index (χ0v) is 24.7. The topological polar surface area (TPSA) is 61.8 Å². The number of carbonyl (C=O) groups is 2. The van der Waals surface area contributed by atoms with Gasteiger partial charge in [0.1, 0.15) is 6.54 Å². The zero-order chi connectivity index (χ0) is 26.9. The van der Waals surface area contributed by atoms with E-state index in [1.807, 2.05) is 6.08 Å². The number of hydrogen-bond donors (Lipinski definition) is 1. The quantitative estimate of drug-likeness (QED) is 0.438. The number of nitrogens with zero attached hydrogens (tertiary/aromatic N) is 2. The lowest BCUT2D eigenvalue weighted by Crippen LogP contribution is -2.51. The highest BCUT2D eigenvalue weighted by Gasteiger charge is 2.59. The standard InChI is InChI=1S/C33H51N3O2/c1-21(35-19-30(38)36(23-7-8-23)20-29-31(2,3)16-17-34-29)26-10-11-27-25-9-6-22-18-24(37)12-14-32(22,4)28(25)13-15-33(26,27)5/h18,23,25-29,34H,6-17,19-20H2,1-5H3/t25-,26+,27-,28-,29?,32-,33+/m0/s1. The van der Waals surface area contributed by atoms with Crippen molar-refractivity contribution >= 4 is 17.4 Å². The number of carbonyl (C=O) groups excluding carboxylic acids is 2. The number of nitrogens with one attached hydrogen (secondary N) is 1. The van der Waals surface area contributed by atoms with E-state index >= 15 is 0 Å². The fraction of sp³-hybridized carbons (Fsp3) is 0.848. The predicted molar refractivity (Wildman–Crippen MR) is 153 cm³/mol. The molecule has 4 saturated carbocycles. The molecule has 1 saturated heterocycles. The molecule has 1 aliphatic heterocycles. The first-order valence-corrected chi connectivity index (χ1v) is 15.8. The van der Waals surface area contributed by atoms with Gasteiger partial charge in [-0.25, -0.2) is 0 Å². The maximum Gasteiger partial charge on any atom is 0.244 e. The number of ketones is 1. The minimum Gasteiger partial charge on any atom is -0.337 e. The normalized spacial score (nSPS) is 42.2. The third kappa shape index (κ3) is 4.43. The van der Waals surface area contributed by atoms with Crippen LogP contribution in [0.15, 0.2) is 16.6 Å². The molecule has 5 aliphatic carbocycles. The van der Waals surface area contributed by atoms with Gasteiger partial charge in [-0.3, -0.25) is 14.6 Å². The van der Waals surface area contributed by atoms with Crippen LogP contribution in [0.1, 0.15) is 105 Å². The molecule has 5 fully saturated rings. The SMILES string of the molecule is CC(=NCC(=O)N(CC1NCCC1(C)C)C1CC1)[C@H]1CC[C@H]2[C@@H]3CCC4=CC(=O)CC[C@]4(C)[C@H]3CC[C@]12C. The molecule has 0 spiro atoms. The summed E-state index contributed by atoms with van der Waals surface area (Å²) in [7, 11) is 0. The van der Waals surface area contributed by atoms with Crippen LogP contribution in [-0.2, 0) is 9.59 Å². The third-order valence-corrected chi connectivity index (χ3v) is 12.7. The van der Waals surface area contributed by atoms with Gasteiger partial charge in [0.2, 0.25) is 5.91 Å². The number of allylic oxidation sites excluding steroid dienone is 1. The molecule has 6 aliphatic rings. The summed E-state index contributed by atoms with van der Waals surface area (Å²) in [4.78, 5) is 32.8. The predicted octanol–water partition coefficient (Wildman–Crippen LogP) is 5.97. The van der Waals surface area contributed by atoms with Gasteiger partial charge in [0, 0.05) is 36.7 Å². The summed E-state index contributed by atoms with van der Waals surface area (Å²) in [5, 5.41) is 3.66. The van der Waals surface area contributed by atoms with E-state index in [1.165, 1.54) is 49.8 Å². The van der Waals surface area contributed by atoms with Crippen LogP contribution in [-0.4, -0.2) is 54.0 Å². The molecular formula is C33H51N3O2. The van der Waals surface area contributed by atoms with Crippen molar-refractivity contribution in [2.24, 2.45) is 44.9 Å². The molecule has 0 aromatic rings. The molecule has 7 atom stereocenters. The lowest BCUT2D eigenvalue weighted by atomic mass is 9.46. The Bertz CT molecular complexity index is 1040. The summed E-state index contributed by atoms with van der Waals surface area (Å²) >= 11 is 0.